The van der Waals surface area contributed by atoms with Gasteiger partial charge >= 0.3 is 0 Å². The molecular weight excluding hydrogens is 422 g/mol. The van der Waals surface area contributed by atoms with Crippen LogP contribution in [0.4, 0.5) is 5.82 Å². The predicted molar refractivity (Wildman–Crippen MR) is 125 cm³/mol. The number of nitrogens with zero attached hydrogens (tertiary/aromatic N) is 4. The summed E-state index contributed by atoms with van der Waals surface area (Å²) in [6, 6.07) is 13.1. The second-order valence-electron chi connectivity index (χ2n) is 8.08. The van der Waals surface area contributed by atoms with Crippen LogP contribution in [0.1, 0.15) is 33.4 Å². The Morgan fingerprint density at radius 3 is 2.34 bits per heavy atom. The van der Waals surface area contributed by atoms with Crippen molar-refractivity contribution in [1.82, 2.24) is 14.8 Å². The standard InChI is InChI=1S/C24H23N5O2S/c1-14-6-7-21(17(4)8-14)32(30,31)28-24-19(12-25)13-26-29(24)22-11-16(3)20-10-15(2)9-18(5)23(20)27-22/h6-11,13,28H,1-5H3. The van der Waals surface area contributed by atoms with Crippen molar-refractivity contribution in [1.29, 1.82) is 5.26 Å². The van der Waals surface area contributed by atoms with E-state index in [4.69, 9.17) is 4.98 Å². The highest BCUT2D eigenvalue weighted by Crippen LogP contribution is 2.28. The molecule has 7 nitrogen and oxygen atoms in total. The summed E-state index contributed by atoms with van der Waals surface area (Å²) >= 11 is 0. The lowest BCUT2D eigenvalue weighted by Crippen LogP contribution is -2.18. The van der Waals surface area contributed by atoms with E-state index >= 15 is 0 Å². The molecule has 0 aliphatic heterocycles. The Hall–Kier alpha value is -3.70. The second kappa shape index (κ2) is 7.77. The van der Waals surface area contributed by atoms with Gasteiger partial charge in [0.1, 0.15) is 11.6 Å². The SMILES string of the molecule is Cc1ccc(S(=O)(=O)Nc2c(C#N)cnn2-c2cc(C)c3cc(C)cc(C)c3n2)c(C)c1. The van der Waals surface area contributed by atoms with Gasteiger partial charge in [0.15, 0.2) is 11.6 Å². The van der Waals surface area contributed by atoms with Gasteiger partial charge in [0.05, 0.1) is 16.6 Å². The van der Waals surface area contributed by atoms with Crippen LogP contribution >= 0.6 is 0 Å². The van der Waals surface area contributed by atoms with Crippen molar-refractivity contribution in [3.63, 3.8) is 0 Å². The highest BCUT2D eigenvalue weighted by Gasteiger charge is 2.23. The van der Waals surface area contributed by atoms with Crippen molar-refractivity contribution in [2.24, 2.45) is 0 Å². The highest BCUT2D eigenvalue weighted by molar-refractivity contribution is 7.92. The van der Waals surface area contributed by atoms with Gasteiger partial charge in [0.25, 0.3) is 10.0 Å². The number of rotatable bonds is 4. The Morgan fingerprint density at radius 1 is 0.938 bits per heavy atom. The van der Waals surface area contributed by atoms with E-state index < -0.39 is 10.0 Å². The number of hydrogen-bond acceptors (Lipinski definition) is 5. The molecule has 0 saturated heterocycles. The van der Waals surface area contributed by atoms with Crippen molar-refractivity contribution >= 4 is 26.7 Å². The van der Waals surface area contributed by atoms with Crippen LogP contribution in [-0.4, -0.2) is 23.2 Å². The summed E-state index contributed by atoms with van der Waals surface area (Å²) in [6.45, 7) is 9.63. The number of aryl methyl sites for hydroxylation is 5. The van der Waals surface area contributed by atoms with Crippen molar-refractivity contribution in [3.05, 3.63) is 76.0 Å². The Morgan fingerprint density at radius 2 is 1.66 bits per heavy atom. The molecule has 0 fully saturated rings. The molecular formula is C24H23N5O2S. The van der Waals surface area contributed by atoms with E-state index in [0.29, 0.717) is 11.4 Å². The van der Waals surface area contributed by atoms with Gasteiger partial charge < -0.3 is 0 Å². The zero-order valence-corrected chi connectivity index (χ0v) is 19.4. The van der Waals surface area contributed by atoms with E-state index in [2.05, 4.69) is 15.9 Å². The lowest BCUT2D eigenvalue weighted by atomic mass is 10.0. The quantitative estimate of drug-likeness (QED) is 0.493. The molecule has 8 heteroatoms. The molecule has 32 heavy (non-hydrogen) atoms. The average molecular weight is 446 g/mol. The fourth-order valence-electron chi connectivity index (χ4n) is 3.92. The first-order valence-electron chi connectivity index (χ1n) is 10.1. The van der Waals surface area contributed by atoms with E-state index in [1.165, 1.54) is 10.9 Å². The van der Waals surface area contributed by atoms with Gasteiger partial charge in [-0.3, -0.25) is 4.72 Å². The first-order valence-corrected chi connectivity index (χ1v) is 11.6. The number of aromatic nitrogens is 3. The predicted octanol–water partition coefficient (Wildman–Crippen LogP) is 4.64. The van der Waals surface area contributed by atoms with Crippen LogP contribution < -0.4 is 4.72 Å². The molecule has 4 rings (SSSR count). The first kappa shape index (κ1) is 21.5. The van der Waals surface area contributed by atoms with Crippen molar-refractivity contribution in [2.75, 3.05) is 4.72 Å². The van der Waals surface area contributed by atoms with Gasteiger partial charge in [-0.1, -0.05) is 29.3 Å². The summed E-state index contributed by atoms with van der Waals surface area (Å²) in [6.07, 6.45) is 1.34. The molecule has 0 aliphatic carbocycles. The van der Waals surface area contributed by atoms with E-state index in [-0.39, 0.29) is 16.3 Å². The normalized spacial score (nSPS) is 11.5. The third-order valence-corrected chi connectivity index (χ3v) is 6.90. The highest BCUT2D eigenvalue weighted by atomic mass is 32.2. The second-order valence-corrected chi connectivity index (χ2v) is 9.73. The van der Waals surface area contributed by atoms with E-state index in [0.717, 1.165) is 33.2 Å². The molecule has 0 atom stereocenters. The van der Waals surface area contributed by atoms with Gasteiger partial charge in [-0.25, -0.2) is 13.4 Å². The fourth-order valence-corrected chi connectivity index (χ4v) is 5.21. The molecule has 4 aromatic rings. The molecule has 2 heterocycles. The number of nitriles is 1. The molecule has 0 saturated carbocycles. The van der Waals surface area contributed by atoms with Crippen LogP contribution in [0.25, 0.3) is 16.7 Å². The number of pyridine rings is 1. The number of sulfonamides is 1. The zero-order chi connectivity index (χ0) is 23.2. The van der Waals surface area contributed by atoms with Gasteiger partial charge in [-0.2, -0.15) is 15.0 Å². The van der Waals surface area contributed by atoms with E-state index in [9.17, 15) is 13.7 Å². The molecule has 0 aliphatic rings. The number of hydrogen-bond donors (Lipinski definition) is 1. The van der Waals surface area contributed by atoms with E-state index in [1.807, 2.05) is 45.9 Å². The summed E-state index contributed by atoms with van der Waals surface area (Å²) in [7, 11) is -3.95. The van der Waals surface area contributed by atoms with Crippen LogP contribution in [0.15, 0.2) is 47.5 Å². The number of fused-ring (bicyclic) bond motifs is 1. The fraction of sp³-hybridized carbons (Fsp3) is 0.208. The molecule has 2 aromatic heterocycles. The minimum absolute atomic E-state index is 0.0588. The minimum Gasteiger partial charge on any atom is -0.262 e. The first-order chi connectivity index (χ1) is 15.1. The van der Waals surface area contributed by atoms with Gasteiger partial charge in [0.2, 0.25) is 0 Å². The van der Waals surface area contributed by atoms with Gasteiger partial charge in [0, 0.05) is 5.39 Å². The summed E-state index contributed by atoms with van der Waals surface area (Å²) in [4.78, 5) is 4.89. The molecule has 1 N–H and O–H groups in total. The zero-order valence-electron chi connectivity index (χ0n) is 18.6. The molecule has 0 unspecified atom stereocenters. The van der Waals surface area contributed by atoms with Crippen LogP contribution in [0.2, 0.25) is 0 Å². The Bertz CT molecular complexity index is 1530. The Kier molecular flexibility index (Phi) is 5.23. The Balaban J connectivity index is 1.87. The van der Waals surface area contributed by atoms with Crippen LogP contribution in [0.3, 0.4) is 0 Å². The maximum Gasteiger partial charge on any atom is 0.263 e. The van der Waals surface area contributed by atoms with Crippen LogP contribution in [0, 0.1) is 45.9 Å². The summed E-state index contributed by atoms with van der Waals surface area (Å²) in [5, 5.41) is 14.9. The minimum atomic E-state index is -3.95. The van der Waals surface area contributed by atoms with Gasteiger partial charge in [-0.05, 0) is 69.5 Å². The summed E-state index contributed by atoms with van der Waals surface area (Å²) < 4.78 is 30.3. The van der Waals surface area contributed by atoms with Crippen molar-refractivity contribution in [3.8, 4) is 11.9 Å². The summed E-state index contributed by atoms with van der Waals surface area (Å²) in [5.74, 6) is 0.491. The van der Waals surface area contributed by atoms with Crippen LogP contribution in [-0.2, 0) is 10.0 Å². The third kappa shape index (κ3) is 3.72. The summed E-state index contributed by atoms with van der Waals surface area (Å²) in [5.41, 5.74) is 5.63. The number of anilines is 1. The third-order valence-electron chi connectivity index (χ3n) is 5.40. The lowest BCUT2D eigenvalue weighted by Gasteiger charge is -2.14. The molecule has 0 spiro atoms. The van der Waals surface area contributed by atoms with Gasteiger partial charge in [-0.15, -0.1) is 0 Å². The lowest BCUT2D eigenvalue weighted by molar-refractivity contribution is 0.600. The van der Waals surface area contributed by atoms with Crippen LogP contribution in [0.5, 0.6) is 0 Å². The molecule has 162 valence electrons. The maximum absolute atomic E-state index is 13.2. The number of nitrogens with one attached hydrogen (secondary N) is 1. The Labute approximate surface area is 187 Å². The van der Waals surface area contributed by atoms with Crippen molar-refractivity contribution < 1.29 is 8.42 Å². The largest absolute Gasteiger partial charge is 0.263 e. The van der Waals surface area contributed by atoms with E-state index in [1.54, 1.807) is 25.1 Å². The van der Waals surface area contributed by atoms with Crippen molar-refractivity contribution in [2.45, 2.75) is 39.5 Å². The molecule has 2 aromatic carbocycles. The smallest absolute Gasteiger partial charge is 0.262 e. The maximum atomic E-state index is 13.2. The molecule has 0 amide bonds. The number of benzene rings is 2. The average Bonchev–Trinajstić information content (AvgIpc) is 3.10. The molecule has 0 bridgehead atoms. The monoisotopic (exact) mass is 445 g/mol. The molecule has 0 radical (unpaired) electrons. The topological polar surface area (TPSA) is 101 Å².